The van der Waals surface area contributed by atoms with Crippen LogP contribution in [0.25, 0.3) is 0 Å². The second-order valence-corrected chi connectivity index (χ2v) is 6.52. The first-order chi connectivity index (χ1) is 10.3. The summed E-state index contributed by atoms with van der Waals surface area (Å²) in [5.74, 6) is -1.24. The number of benzene rings is 1. The summed E-state index contributed by atoms with van der Waals surface area (Å²) in [6.07, 6.45) is 1.58. The largest absolute Gasteiger partial charge is 0.362 e. The maximum atomic E-state index is 13.6. The molecule has 0 radical (unpaired) electrons. The molecule has 0 fully saturated rings. The van der Waals surface area contributed by atoms with Gasteiger partial charge in [-0.3, -0.25) is 0 Å². The number of hydrogen-bond donors (Lipinski definition) is 1. The predicted octanol–water partition coefficient (Wildman–Crippen LogP) is 1.90. The van der Waals surface area contributed by atoms with Gasteiger partial charge in [0.05, 0.1) is 0 Å². The van der Waals surface area contributed by atoms with Crippen molar-refractivity contribution in [2.24, 2.45) is 0 Å². The van der Waals surface area contributed by atoms with Crippen LogP contribution in [0.1, 0.15) is 5.56 Å². The van der Waals surface area contributed by atoms with Crippen LogP contribution in [0.2, 0.25) is 0 Å². The molecule has 1 aromatic carbocycles. The Labute approximate surface area is 127 Å². The molecule has 0 aliphatic rings. The van der Waals surface area contributed by atoms with Crippen LogP contribution in [0.15, 0.2) is 41.4 Å². The highest BCUT2D eigenvalue weighted by Gasteiger charge is 2.20. The summed E-state index contributed by atoms with van der Waals surface area (Å²) in [5, 5.41) is 0. The van der Waals surface area contributed by atoms with Crippen molar-refractivity contribution in [2.75, 3.05) is 19.0 Å². The number of anilines is 1. The molecule has 0 unspecified atom stereocenters. The van der Waals surface area contributed by atoms with E-state index in [1.165, 1.54) is 0 Å². The summed E-state index contributed by atoms with van der Waals surface area (Å²) < 4.78 is 53.2. The van der Waals surface area contributed by atoms with Crippen LogP contribution in [0, 0.1) is 11.6 Å². The van der Waals surface area contributed by atoms with E-state index in [2.05, 4.69) is 9.71 Å². The maximum absolute atomic E-state index is 13.6. The fraction of sp³-hybridized carbons (Fsp3) is 0.214. The summed E-state index contributed by atoms with van der Waals surface area (Å²) in [6, 6.07) is 5.65. The summed E-state index contributed by atoms with van der Waals surface area (Å²) in [7, 11) is -0.625. The Bertz CT molecular complexity index is 779. The van der Waals surface area contributed by atoms with Crippen molar-refractivity contribution in [1.82, 2.24) is 9.71 Å². The van der Waals surface area contributed by atoms with Gasteiger partial charge < -0.3 is 4.90 Å². The highest BCUT2D eigenvalue weighted by atomic mass is 32.2. The zero-order chi connectivity index (χ0) is 16.3. The topological polar surface area (TPSA) is 62.3 Å². The number of hydrogen-bond acceptors (Lipinski definition) is 4. The van der Waals surface area contributed by atoms with Crippen LogP contribution in [-0.4, -0.2) is 27.5 Å². The first-order valence-corrected chi connectivity index (χ1v) is 7.85. The van der Waals surface area contributed by atoms with Gasteiger partial charge in [-0.2, -0.15) is 0 Å². The number of nitrogens with one attached hydrogen (secondary N) is 1. The number of rotatable bonds is 5. The van der Waals surface area contributed by atoms with Gasteiger partial charge in [-0.25, -0.2) is 26.9 Å². The minimum Gasteiger partial charge on any atom is -0.362 e. The number of halogens is 2. The minimum absolute atomic E-state index is 0.0837. The van der Waals surface area contributed by atoms with Crippen LogP contribution in [0.3, 0.4) is 0 Å². The van der Waals surface area contributed by atoms with Crippen molar-refractivity contribution in [2.45, 2.75) is 11.4 Å². The van der Waals surface area contributed by atoms with Gasteiger partial charge in [0.2, 0.25) is 10.0 Å². The third-order valence-electron chi connectivity index (χ3n) is 2.93. The zero-order valence-corrected chi connectivity index (χ0v) is 12.9. The Morgan fingerprint density at radius 1 is 1.23 bits per heavy atom. The fourth-order valence-electron chi connectivity index (χ4n) is 1.90. The molecular weight excluding hydrogens is 312 g/mol. The molecule has 118 valence electrons. The third kappa shape index (κ3) is 3.58. The van der Waals surface area contributed by atoms with E-state index in [0.29, 0.717) is 17.4 Å². The highest BCUT2D eigenvalue weighted by molar-refractivity contribution is 7.89. The molecule has 0 atom stereocenters. The normalized spacial score (nSPS) is 11.5. The molecule has 0 bridgehead atoms. The van der Waals surface area contributed by atoms with Gasteiger partial charge in [-0.1, -0.05) is 6.07 Å². The van der Waals surface area contributed by atoms with E-state index < -0.39 is 26.6 Å². The summed E-state index contributed by atoms with van der Waals surface area (Å²) in [6.45, 7) is -0.0837. The van der Waals surface area contributed by atoms with Crippen molar-refractivity contribution >= 4 is 15.8 Å². The average molecular weight is 327 g/mol. The van der Waals surface area contributed by atoms with E-state index in [-0.39, 0.29) is 6.54 Å². The van der Waals surface area contributed by atoms with Gasteiger partial charge >= 0.3 is 0 Å². The molecule has 2 rings (SSSR count). The van der Waals surface area contributed by atoms with Crippen molar-refractivity contribution in [3.8, 4) is 0 Å². The predicted molar refractivity (Wildman–Crippen MR) is 78.9 cm³/mol. The molecule has 1 aromatic heterocycles. The molecule has 2 aromatic rings. The smallest absolute Gasteiger partial charge is 0.243 e. The lowest BCUT2D eigenvalue weighted by Gasteiger charge is -2.16. The average Bonchev–Trinajstić information content (AvgIpc) is 2.48. The molecule has 22 heavy (non-hydrogen) atoms. The van der Waals surface area contributed by atoms with Crippen LogP contribution in [0.5, 0.6) is 0 Å². The standard InChI is InChI=1S/C14H15F2N3O2S/c1-19(2)14-10(4-3-7-17-14)9-18-22(20,21)13-8-11(15)5-6-12(13)16/h3-8,18H,9H2,1-2H3. The number of aromatic nitrogens is 1. The number of sulfonamides is 1. The van der Waals surface area contributed by atoms with Gasteiger partial charge in [-0.05, 0) is 24.3 Å². The SMILES string of the molecule is CN(C)c1ncccc1CNS(=O)(=O)c1cc(F)ccc1F. The van der Waals surface area contributed by atoms with E-state index in [1.807, 2.05) is 0 Å². The molecule has 0 aliphatic heterocycles. The van der Waals surface area contributed by atoms with Crippen molar-refractivity contribution in [3.63, 3.8) is 0 Å². The Hall–Kier alpha value is -2.06. The van der Waals surface area contributed by atoms with Gasteiger partial charge in [0, 0.05) is 32.4 Å². The van der Waals surface area contributed by atoms with E-state index in [1.54, 1.807) is 37.3 Å². The molecule has 0 spiro atoms. The Morgan fingerprint density at radius 2 is 1.95 bits per heavy atom. The third-order valence-corrected chi connectivity index (χ3v) is 4.34. The van der Waals surface area contributed by atoms with Crippen molar-refractivity contribution in [1.29, 1.82) is 0 Å². The lowest BCUT2D eigenvalue weighted by molar-refractivity contribution is 0.545. The van der Waals surface area contributed by atoms with Gasteiger partial charge in [0.1, 0.15) is 22.3 Å². The Kier molecular flexibility index (Phi) is 4.72. The lowest BCUT2D eigenvalue weighted by Crippen LogP contribution is -2.25. The number of pyridine rings is 1. The lowest BCUT2D eigenvalue weighted by atomic mass is 10.2. The fourth-order valence-corrected chi connectivity index (χ4v) is 3.00. The molecule has 0 saturated heterocycles. The Morgan fingerprint density at radius 3 is 2.64 bits per heavy atom. The molecule has 5 nitrogen and oxygen atoms in total. The highest BCUT2D eigenvalue weighted by Crippen LogP contribution is 2.18. The van der Waals surface area contributed by atoms with E-state index in [4.69, 9.17) is 0 Å². The first kappa shape index (κ1) is 16.3. The van der Waals surface area contributed by atoms with Crippen LogP contribution < -0.4 is 9.62 Å². The Balaban J connectivity index is 2.26. The second kappa shape index (κ2) is 6.37. The van der Waals surface area contributed by atoms with Crippen molar-refractivity contribution < 1.29 is 17.2 Å². The van der Waals surface area contributed by atoms with E-state index in [0.717, 1.165) is 12.1 Å². The summed E-state index contributed by atoms with van der Waals surface area (Å²) in [4.78, 5) is 5.15. The molecule has 8 heteroatoms. The monoisotopic (exact) mass is 327 g/mol. The van der Waals surface area contributed by atoms with Gasteiger partial charge in [0.15, 0.2) is 0 Å². The quantitative estimate of drug-likeness (QED) is 0.911. The molecule has 1 heterocycles. The molecule has 0 aliphatic carbocycles. The van der Waals surface area contributed by atoms with Gasteiger partial charge in [0.25, 0.3) is 0 Å². The van der Waals surface area contributed by atoms with Gasteiger partial charge in [-0.15, -0.1) is 0 Å². The molecule has 0 amide bonds. The van der Waals surface area contributed by atoms with E-state index >= 15 is 0 Å². The van der Waals surface area contributed by atoms with Crippen LogP contribution in [0.4, 0.5) is 14.6 Å². The molecular formula is C14H15F2N3O2S. The summed E-state index contributed by atoms with van der Waals surface area (Å²) in [5.41, 5.74) is 0.618. The molecule has 1 N–H and O–H groups in total. The second-order valence-electron chi connectivity index (χ2n) is 4.78. The number of nitrogens with zero attached hydrogens (tertiary/aromatic N) is 2. The molecule has 0 saturated carbocycles. The summed E-state index contributed by atoms with van der Waals surface area (Å²) >= 11 is 0. The van der Waals surface area contributed by atoms with E-state index in [9.17, 15) is 17.2 Å². The maximum Gasteiger partial charge on any atom is 0.243 e. The zero-order valence-electron chi connectivity index (χ0n) is 12.0. The minimum atomic E-state index is -4.17. The first-order valence-electron chi connectivity index (χ1n) is 6.37. The van der Waals surface area contributed by atoms with Crippen LogP contribution in [-0.2, 0) is 16.6 Å². The van der Waals surface area contributed by atoms with Crippen LogP contribution >= 0.6 is 0 Å². The van der Waals surface area contributed by atoms with Crippen molar-refractivity contribution in [3.05, 3.63) is 53.7 Å².